The van der Waals surface area contributed by atoms with Crippen LogP contribution in [0.15, 0.2) is 91.0 Å². The monoisotopic (exact) mass is 1200 g/mol. The summed E-state index contributed by atoms with van der Waals surface area (Å²) in [5, 5.41) is 4.32. The van der Waals surface area contributed by atoms with Gasteiger partial charge in [0.1, 0.15) is 24.2 Å². The minimum atomic E-state index is -4.51. The fourth-order valence-electron chi connectivity index (χ4n) is 11.6. The van der Waals surface area contributed by atoms with Gasteiger partial charge in [-0.3, -0.25) is 33.3 Å². The zero-order valence-electron chi connectivity index (χ0n) is 49.0. The highest BCUT2D eigenvalue weighted by Crippen LogP contribution is 2.44. The summed E-state index contributed by atoms with van der Waals surface area (Å²) in [6.45, 7) is 11.9. The van der Waals surface area contributed by atoms with Gasteiger partial charge in [0, 0.05) is 92.1 Å². The minimum Gasteiger partial charge on any atom is -0.493 e. The van der Waals surface area contributed by atoms with E-state index in [-0.39, 0.29) is 74.5 Å². The summed E-state index contributed by atoms with van der Waals surface area (Å²) in [4.78, 5) is 89.4. The lowest BCUT2D eigenvalue weighted by molar-refractivity contribution is -0.129. The van der Waals surface area contributed by atoms with Crippen molar-refractivity contribution in [2.45, 2.75) is 128 Å². The SMILES string of the molecule is CCC(=O)C(CCSSC(C)(C)CCC(=O)N[C@@H](C)C(=O)C[C@@H](C)C(=O)Nc1cc(COc2cc3c(cc2C)C(=O)N2c4ccccc4C[C@H]2CN3C)cc(COc2cc3c(cc2OC)C(=O)N2c4ccccc4C[C@H]2CN3C)c1)S(=O)(=O)O. The van der Waals surface area contributed by atoms with E-state index in [9.17, 15) is 41.7 Å². The van der Waals surface area contributed by atoms with Gasteiger partial charge in [-0.1, -0.05) is 71.8 Å². The third-order valence-corrected chi connectivity index (χ3v) is 20.7. The van der Waals surface area contributed by atoms with Crippen molar-refractivity contribution >= 4 is 95.3 Å². The average molecular weight is 1200 g/mol. The smallest absolute Gasteiger partial charge is 0.275 e. The molecule has 84 heavy (non-hydrogen) atoms. The second-order valence-electron chi connectivity index (χ2n) is 23.0. The third kappa shape index (κ3) is 13.7. The van der Waals surface area contributed by atoms with Gasteiger partial charge in [0.2, 0.25) is 11.8 Å². The van der Waals surface area contributed by atoms with Crippen molar-refractivity contribution in [3.63, 3.8) is 0 Å². The van der Waals surface area contributed by atoms with Crippen LogP contribution in [0.25, 0.3) is 0 Å². The molecule has 5 aromatic rings. The van der Waals surface area contributed by atoms with Crippen molar-refractivity contribution in [1.82, 2.24) is 5.32 Å². The summed E-state index contributed by atoms with van der Waals surface area (Å²) in [7, 11) is 3.76. The number of nitrogens with zero attached hydrogens (tertiary/aromatic N) is 4. The Labute approximate surface area is 499 Å². The van der Waals surface area contributed by atoms with E-state index >= 15 is 0 Å². The van der Waals surface area contributed by atoms with E-state index in [1.165, 1.54) is 28.7 Å². The number of aryl methyl sites for hydroxylation is 1. The van der Waals surface area contributed by atoms with Crippen molar-refractivity contribution in [3.8, 4) is 17.2 Å². The maximum atomic E-state index is 14.3. The summed E-state index contributed by atoms with van der Waals surface area (Å²) in [6, 6.07) is 27.9. The zero-order chi connectivity index (χ0) is 60.4. The Bertz CT molecular complexity index is 3500. The highest BCUT2D eigenvalue weighted by atomic mass is 33.1. The topological polar surface area (TPSA) is 221 Å². The molecule has 5 atom stereocenters. The van der Waals surface area contributed by atoms with Crippen LogP contribution in [0.2, 0.25) is 0 Å². The number of likely N-dealkylation sites (N-methyl/N-ethyl adjacent to an activating group) is 2. The molecule has 4 amide bonds. The molecule has 0 radical (unpaired) electrons. The Hall–Kier alpha value is -7.07. The first-order valence-corrected chi connectivity index (χ1v) is 32.2. The lowest BCUT2D eigenvalue weighted by Crippen LogP contribution is -2.41. The number of anilines is 5. The molecule has 446 valence electrons. The van der Waals surface area contributed by atoms with Crippen LogP contribution in [-0.4, -0.2) is 116 Å². The quantitative estimate of drug-likeness (QED) is 0.0297. The number of carbonyl (C=O) groups is 6. The van der Waals surface area contributed by atoms with Gasteiger partial charge >= 0.3 is 0 Å². The molecule has 3 N–H and O–H groups in total. The summed E-state index contributed by atoms with van der Waals surface area (Å²) in [6.07, 6.45) is 1.84. The number of amides is 4. The van der Waals surface area contributed by atoms with E-state index in [2.05, 4.69) is 32.6 Å². The fourth-order valence-corrected chi connectivity index (χ4v) is 15.3. The van der Waals surface area contributed by atoms with E-state index in [0.29, 0.717) is 76.1 Å². The highest BCUT2D eigenvalue weighted by molar-refractivity contribution is 8.77. The van der Waals surface area contributed by atoms with E-state index in [1.807, 2.05) is 105 Å². The Kier molecular flexibility index (Phi) is 18.8. The van der Waals surface area contributed by atoms with Gasteiger partial charge in [-0.05, 0) is 124 Å². The van der Waals surface area contributed by atoms with Crippen LogP contribution in [0.4, 0.5) is 28.4 Å². The number of Topliss-reactive ketones (excluding diaryl/α,β-unsaturated/α-hetero) is 2. The predicted octanol–water partition coefficient (Wildman–Crippen LogP) is 9.81. The number of para-hydroxylation sites is 2. The number of rotatable bonds is 24. The number of nitrogens with one attached hydrogen (secondary N) is 2. The fraction of sp³-hybridized carbons (Fsp3) is 0.429. The van der Waals surface area contributed by atoms with Crippen LogP contribution in [0, 0.1) is 12.8 Å². The number of hydrogen-bond donors (Lipinski definition) is 3. The van der Waals surface area contributed by atoms with Gasteiger partial charge in [0.05, 0.1) is 47.7 Å². The lowest BCUT2D eigenvalue weighted by atomic mass is 9.99. The van der Waals surface area contributed by atoms with Crippen LogP contribution in [0.3, 0.4) is 0 Å². The molecule has 21 heteroatoms. The normalized spacial score (nSPS) is 17.3. The van der Waals surface area contributed by atoms with Crippen LogP contribution >= 0.6 is 21.6 Å². The summed E-state index contributed by atoms with van der Waals surface area (Å²) in [5.74, 6) is -0.952. The standard InChI is InChI=1S/C63H74N6O12S3/c1-10-53(70)58(84(76,77)78)20-22-82-83-63(5,6)21-19-59(72)64-39(4)54(71)24-38(3)60(73)65-44-26-40(35-80-55-31-51-47(23-37(55)2)61(74)68-45(33-66(51)7)28-42-15-11-13-17-49(42)68)25-41(27-44)36-81-57-32-52-48(30-56(57)79-9)62(75)69-46(34-67(52)8)29-43-16-12-14-18-50(43)69/h11-18,23,25-27,30-32,38-39,45-46,58H,10,19-22,24,28-29,33-36H2,1-9H3,(H,64,72)(H,65,73)(H,76,77,78)/t38-,39+,45+,46+,58?/m1/s1. The predicted molar refractivity (Wildman–Crippen MR) is 331 cm³/mol. The first-order chi connectivity index (χ1) is 39.9. The van der Waals surface area contributed by atoms with E-state index in [4.69, 9.17) is 14.2 Å². The Morgan fingerprint density at radius 3 is 1.86 bits per heavy atom. The van der Waals surface area contributed by atoms with Gasteiger partial charge < -0.3 is 44.4 Å². The van der Waals surface area contributed by atoms with Crippen LogP contribution in [0.5, 0.6) is 17.2 Å². The molecule has 4 aliphatic rings. The molecular weight excluding hydrogens is 1130 g/mol. The van der Waals surface area contributed by atoms with E-state index in [1.54, 1.807) is 39.0 Å². The maximum absolute atomic E-state index is 14.3. The molecule has 4 heterocycles. The first-order valence-electron chi connectivity index (χ1n) is 28.4. The Morgan fingerprint density at radius 1 is 0.750 bits per heavy atom. The molecule has 0 aliphatic carbocycles. The molecule has 0 bridgehead atoms. The molecular formula is C63H74N6O12S3. The average Bonchev–Trinajstić information content (AvgIpc) is 1.79. The molecule has 18 nitrogen and oxygen atoms in total. The number of ketones is 2. The molecule has 9 rings (SSSR count). The molecule has 1 unspecified atom stereocenters. The number of fused-ring (bicyclic) bond motifs is 8. The molecule has 0 aromatic heterocycles. The van der Waals surface area contributed by atoms with Crippen LogP contribution < -0.4 is 44.4 Å². The van der Waals surface area contributed by atoms with Gasteiger partial charge in [0.15, 0.2) is 23.1 Å². The number of hydrogen-bond acceptors (Lipinski definition) is 15. The van der Waals surface area contributed by atoms with Crippen molar-refractivity contribution in [1.29, 1.82) is 0 Å². The zero-order valence-corrected chi connectivity index (χ0v) is 51.4. The largest absolute Gasteiger partial charge is 0.493 e. The number of methoxy groups -OCH3 is 1. The molecule has 0 fully saturated rings. The summed E-state index contributed by atoms with van der Waals surface area (Å²) < 4.78 is 51.6. The van der Waals surface area contributed by atoms with E-state index in [0.717, 1.165) is 46.6 Å². The van der Waals surface area contributed by atoms with Crippen molar-refractivity contribution < 1.29 is 55.9 Å². The lowest BCUT2D eigenvalue weighted by Gasteiger charge is -2.25. The molecule has 4 aliphatic heterocycles. The molecule has 0 saturated carbocycles. The molecule has 0 saturated heterocycles. The Balaban J connectivity index is 0.883. The molecule has 5 aromatic carbocycles. The second-order valence-corrected chi connectivity index (χ2v) is 27.7. The number of ether oxygens (including phenoxy) is 3. The van der Waals surface area contributed by atoms with Gasteiger partial charge in [-0.2, -0.15) is 8.42 Å². The minimum absolute atomic E-state index is 0.00581. The van der Waals surface area contributed by atoms with Gasteiger partial charge in [0.25, 0.3) is 21.9 Å². The Morgan fingerprint density at radius 2 is 1.30 bits per heavy atom. The van der Waals surface area contributed by atoms with Crippen LogP contribution in [-0.2, 0) is 55.4 Å². The highest BCUT2D eigenvalue weighted by Gasteiger charge is 2.41. The maximum Gasteiger partial charge on any atom is 0.275 e. The first kappa shape index (κ1) is 61.5. The number of benzene rings is 5. The van der Waals surface area contributed by atoms with Crippen molar-refractivity contribution in [2.24, 2.45) is 5.92 Å². The molecule has 0 spiro atoms. The van der Waals surface area contributed by atoms with Crippen molar-refractivity contribution in [2.75, 3.05) is 65.0 Å². The van der Waals surface area contributed by atoms with Crippen LogP contribution in [0.1, 0.15) is 115 Å². The van der Waals surface area contributed by atoms with Crippen molar-refractivity contribution in [3.05, 3.63) is 130 Å². The van der Waals surface area contributed by atoms with Gasteiger partial charge in [-0.25, -0.2) is 0 Å². The summed E-state index contributed by atoms with van der Waals surface area (Å²) >= 11 is 0. The van der Waals surface area contributed by atoms with E-state index < -0.39 is 43.8 Å². The second kappa shape index (κ2) is 25.6. The van der Waals surface area contributed by atoms with Gasteiger partial charge in [-0.15, -0.1) is 0 Å². The summed E-state index contributed by atoms with van der Waals surface area (Å²) in [5.41, 5.74) is 9.23. The third-order valence-electron chi connectivity index (χ3n) is 16.1. The number of carbonyl (C=O) groups excluding carboxylic acids is 6.